The SMILES string of the molecule is Cn1cc2cnn(Cc3cccs3)c(=O)c2n1. The van der Waals surface area contributed by atoms with Gasteiger partial charge in [-0.05, 0) is 11.4 Å². The van der Waals surface area contributed by atoms with Crippen LogP contribution in [-0.4, -0.2) is 19.6 Å². The van der Waals surface area contributed by atoms with Crippen molar-refractivity contribution in [3.8, 4) is 0 Å². The second-order valence-corrected chi connectivity index (χ2v) is 4.83. The number of thiophene rings is 1. The molecule has 0 aliphatic heterocycles. The predicted octanol–water partition coefficient (Wildman–Crippen LogP) is 1.24. The van der Waals surface area contributed by atoms with Gasteiger partial charge < -0.3 is 0 Å². The monoisotopic (exact) mass is 246 g/mol. The molecule has 0 atom stereocenters. The second-order valence-electron chi connectivity index (χ2n) is 3.79. The van der Waals surface area contributed by atoms with Gasteiger partial charge in [0.1, 0.15) is 0 Å². The van der Waals surface area contributed by atoms with Crippen molar-refractivity contribution in [2.24, 2.45) is 7.05 Å². The first-order valence-corrected chi connectivity index (χ1v) is 6.04. The highest BCUT2D eigenvalue weighted by molar-refractivity contribution is 7.09. The molecule has 0 radical (unpaired) electrons. The molecule has 86 valence electrons. The number of rotatable bonds is 2. The van der Waals surface area contributed by atoms with E-state index in [9.17, 15) is 4.79 Å². The number of aromatic nitrogens is 4. The van der Waals surface area contributed by atoms with Gasteiger partial charge >= 0.3 is 0 Å². The van der Waals surface area contributed by atoms with Crippen LogP contribution in [-0.2, 0) is 13.6 Å². The van der Waals surface area contributed by atoms with Gasteiger partial charge in [-0.25, -0.2) is 4.68 Å². The fourth-order valence-corrected chi connectivity index (χ4v) is 2.42. The molecule has 0 aliphatic carbocycles. The Hall–Kier alpha value is -1.95. The zero-order chi connectivity index (χ0) is 11.8. The van der Waals surface area contributed by atoms with Crippen LogP contribution < -0.4 is 5.56 Å². The van der Waals surface area contributed by atoms with Gasteiger partial charge in [0.2, 0.25) is 0 Å². The van der Waals surface area contributed by atoms with Gasteiger partial charge in [-0.2, -0.15) is 10.2 Å². The molecule has 0 aliphatic rings. The van der Waals surface area contributed by atoms with Gasteiger partial charge in [0.05, 0.1) is 12.7 Å². The molecule has 0 spiro atoms. The van der Waals surface area contributed by atoms with Crippen LogP contribution in [0, 0.1) is 0 Å². The van der Waals surface area contributed by atoms with Crippen molar-refractivity contribution in [3.05, 3.63) is 45.1 Å². The van der Waals surface area contributed by atoms with Crippen LogP contribution in [0.4, 0.5) is 0 Å². The van der Waals surface area contributed by atoms with Gasteiger partial charge in [0.25, 0.3) is 5.56 Å². The third kappa shape index (κ3) is 1.76. The van der Waals surface area contributed by atoms with E-state index in [1.807, 2.05) is 17.5 Å². The Balaban J connectivity index is 2.11. The van der Waals surface area contributed by atoms with E-state index in [2.05, 4.69) is 10.2 Å². The Bertz CT molecular complexity index is 711. The van der Waals surface area contributed by atoms with Crippen LogP contribution in [0.1, 0.15) is 4.88 Å². The zero-order valence-corrected chi connectivity index (χ0v) is 10.0. The van der Waals surface area contributed by atoms with Crippen LogP contribution in [0.25, 0.3) is 10.9 Å². The van der Waals surface area contributed by atoms with Crippen LogP contribution in [0.5, 0.6) is 0 Å². The highest BCUT2D eigenvalue weighted by Gasteiger charge is 2.08. The highest BCUT2D eigenvalue weighted by Crippen LogP contribution is 2.10. The molecule has 0 amide bonds. The quantitative estimate of drug-likeness (QED) is 0.683. The van der Waals surface area contributed by atoms with Gasteiger partial charge in [0, 0.05) is 23.5 Å². The molecule has 3 aromatic rings. The Kier molecular flexibility index (Phi) is 2.29. The van der Waals surface area contributed by atoms with Crippen molar-refractivity contribution in [1.29, 1.82) is 0 Å². The van der Waals surface area contributed by atoms with Gasteiger partial charge in [0.15, 0.2) is 5.52 Å². The van der Waals surface area contributed by atoms with Crippen molar-refractivity contribution < 1.29 is 0 Å². The van der Waals surface area contributed by atoms with Gasteiger partial charge in [-0.1, -0.05) is 6.07 Å². The first-order valence-electron chi connectivity index (χ1n) is 5.16. The summed E-state index contributed by atoms with van der Waals surface area (Å²) in [6.07, 6.45) is 3.47. The molecular weight excluding hydrogens is 236 g/mol. The average molecular weight is 246 g/mol. The molecule has 3 heterocycles. The Labute approximate surface area is 101 Å². The normalized spacial score (nSPS) is 11.1. The van der Waals surface area contributed by atoms with E-state index in [0.29, 0.717) is 12.1 Å². The minimum Gasteiger partial charge on any atom is -0.274 e. The van der Waals surface area contributed by atoms with Crippen LogP contribution in [0.15, 0.2) is 34.7 Å². The van der Waals surface area contributed by atoms with E-state index >= 15 is 0 Å². The molecule has 0 N–H and O–H groups in total. The topological polar surface area (TPSA) is 52.7 Å². The molecule has 3 aromatic heterocycles. The van der Waals surface area contributed by atoms with E-state index in [0.717, 1.165) is 10.3 Å². The molecule has 0 saturated carbocycles. The summed E-state index contributed by atoms with van der Waals surface area (Å²) < 4.78 is 3.07. The summed E-state index contributed by atoms with van der Waals surface area (Å²) in [5.41, 5.74) is 0.329. The van der Waals surface area contributed by atoms with E-state index < -0.39 is 0 Å². The maximum Gasteiger partial charge on any atom is 0.295 e. The van der Waals surface area contributed by atoms with Crippen molar-refractivity contribution in [2.45, 2.75) is 6.54 Å². The maximum absolute atomic E-state index is 12.1. The molecule has 0 unspecified atom stereocenters. The Morgan fingerprint density at radius 2 is 2.35 bits per heavy atom. The van der Waals surface area contributed by atoms with E-state index in [1.165, 1.54) is 4.68 Å². The Morgan fingerprint density at radius 3 is 3.12 bits per heavy atom. The standard InChI is InChI=1S/C11H10N4OS/c1-14-6-8-5-12-15(11(16)10(8)13-14)7-9-3-2-4-17-9/h2-6H,7H2,1H3. The molecule has 5 nitrogen and oxygen atoms in total. The van der Waals surface area contributed by atoms with E-state index in [1.54, 1.807) is 35.5 Å². The smallest absolute Gasteiger partial charge is 0.274 e. The van der Waals surface area contributed by atoms with Crippen LogP contribution in [0.2, 0.25) is 0 Å². The fourth-order valence-electron chi connectivity index (χ4n) is 1.74. The second kappa shape index (κ2) is 3.81. The number of nitrogens with zero attached hydrogens (tertiary/aromatic N) is 4. The molecule has 0 bridgehead atoms. The highest BCUT2D eigenvalue weighted by atomic mass is 32.1. The minimum absolute atomic E-state index is 0.142. The lowest BCUT2D eigenvalue weighted by Crippen LogP contribution is -2.23. The number of aryl methyl sites for hydroxylation is 1. The first-order chi connectivity index (χ1) is 8.24. The zero-order valence-electron chi connectivity index (χ0n) is 9.20. The lowest BCUT2D eigenvalue weighted by molar-refractivity contribution is 0.651. The molecule has 0 saturated heterocycles. The molecule has 3 rings (SSSR count). The summed E-state index contributed by atoms with van der Waals surface area (Å²) >= 11 is 1.61. The fraction of sp³-hybridized carbons (Fsp3) is 0.182. The lowest BCUT2D eigenvalue weighted by Gasteiger charge is -2.00. The third-order valence-corrected chi connectivity index (χ3v) is 3.38. The summed E-state index contributed by atoms with van der Waals surface area (Å²) in [6, 6.07) is 3.95. The molecule has 0 fully saturated rings. The average Bonchev–Trinajstić information content (AvgIpc) is 2.91. The first kappa shape index (κ1) is 10.2. The summed E-state index contributed by atoms with van der Waals surface area (Å²) in [4.78, 5) is 13.2. The maximum atomic E-state index is 12.1. The summed E-state index contributed by atoms with van der Waals surface area (Å²) in [6.45, 7) is 0.503. The predicted molar refractivity (Wildman–Crippen MR) is 66.2 cm³/mol. The van der Waals surface area contributed by atoms with Crippen molar-refractivity contribution in [1.82, 2.24) is 19.6 Å². The number of hydrogen-bond donors (Lipinski definition) is 0. The van der Waals surface area contributed by atoms with Crippen molar-refractivity contribution >= 4 is 22.2 Å². The van der Waals surface area contributed by atoms with E-state index in [4.69, 9.17) is 0 Å². The van der Waals surface area contributed by atoms with E-state index in [-0.39, 0.29) is 5.56 Å². The van der Waals surface area contributed by atoms with Gasteiger partial charge in [-0.3, -0.25) is 9.48 Å². The van der Waals surface area contributed by atoms with Crippen LogP contribution in [0.3, 0.4) is 0 Å². The lowest BCUT2D eigenvalue weighted by atomic mass is 10.4. The summed E-state index contributed by atoms with van der Waals surface area (Å²) in [7, 11) is 1.79. The Morgan fingerprint density at radius 1 is 1.47 bits per heavy atom. The minimum atomic E-state index is -0.142. The van der Waals surface area contributed by atoms with Gasteiger partial charge in [-0.15, -0.1) is 11.3 Å². The third-order valence-electron chi connectivity index (χ3n) is 2.52. The molecular formula is C11H10N4OS. The molecule has 0 aromatic carbocycles. The molecule has 6 heteroatoms. The largest absolute Gasteiger partial charge is 0.295 e. The van der Waals surface area contributed by atoms with Crippen LogP contribution >= 0.6 is 11.3 Å². The molecule has 17 heavy (non-hydrogen) atoms. The number of fused-ring (bicyclic) bond motifs is 1. The summed E-state index contributed by atoms with van der Waals surface area (Å²) in [5.74, 6) is 0. The summed E-state index contributed by atoms with van der Waals surface area (Å²) in [5, 5.41) is 11.1. The van der Waals surface area contributed by atoms with Crippen molar-refractivity contribution in [2.75, 3.05) is 0 Å². The number of hydrogen-bond acceptors (Lipinski definition) is 4. The van der Waals surface area contributed by atoms with Crippen molar-refractivity contribution in [3.63, 3.8) is 0 Å².